The lowest BCUT2D eigenvalue weighted by atomic mass is 10.2. The maximum atomic E-state index is 11.7. The smallest absolute Gasteiger partial charge is 0.327 e. The molecule has 0 radical (unpaired) electrons. The van der Waals surface area contributed by atoms with Gasteiger partial charge in [-0.05, 0) is 32.9 Å². The minimum Gasteiger partial charge on any atom is -0.425 e. The predicted molar refractivity (Wildman–Crippen MR) is 83.5 cm³/mol. The predicted octanol–water partition coefficient (Wildman–Crippen LogP) is 3.93. The topological polar surface area (TPSA) is 55.4 Å². The van der Waals surface area contributed by atoms with Gasteiger partial charge in [-0.2, -0.15) is 0 Å². The van der Waals surface area contributed by atoms with Crippen molar-refractivity contribution < 1.29 is 14.3 Å². The maximum absolute atomic E-state index is 11.7. The summed E-state index contributed by atoms with van der Waals surface area (Å²) >= 11 is 9.24. The summed E-state index contributed by atoms with van der Waals surface area (Å²) in [5.74, 6) is -0.452. The van der Waals surface area contributed by atoms with E-state index in [4.69, 9.17) is 16.3 Å². The number of rotatable bonds is 4. The lowest BCUT2D eigenvalue weighted by Gasteiger charge is -2.15. The van der Waals surface area contributed by atoms with Crippen LogP contribution < -0.4 is 10.1 Å². The van der Waals surface area contributed by atoms with Crippen molar-refractivity contribution >= 4 is 45.1 Å². The van der Waals surface area contributed by atoms with Crippen molar-refractivity contribution in [2.75, 3.05) is 5.32 Å². The molecule has 4 nitrogen and oxygen atoms in total. The fourth-order valence-electron chi connectivity index (χ4n) is 1.12. The fraction of sp³-hybridized carbons (Fsp3) is 0.286. The van der Waals surface area contributed by atoms with Gasteiger partial charge in [-0.15, -0.1) is 0 Å². The summed E-state index contributed by atoms with van der Waals surface area (Å²) in [5.41, 5.74) is 0.801. The molecule has 1 rings (SSSR count). The molecule has 1 N–H and O–H groups in total. The minimum atomic E-state index is -0.785. The first-order valence-electron chi connectivity index (χ1n) is 5.79. The van der Waals surface area contributed by atoms with E-state index in [0.717, 1.165) is 0 Å². The number of nitrogens with one attached hydrogen (secondary N) is 1. The molecule has 0 spiro atoms. The molecule has 20 heavy (non-hydrogen) atoms. The summed E-state index contributed by atoms with van der Waals surface area (Å²) in [6.45, 7) is 8.49. The summed E-state index contributed by atoms with van der Waals surface area (Å²) in [6.07, 6.45) is 0. The first-order chi connectivity index (χ1) is 9.11. The molecule has 0 unspecified atom stereocenters. The monoisotopic (exact) mass is 359 g/mol. The molecule has 108 valence electrons. The third-order valence-corrected chi connectivity index (χ3v) is 2.91. The van der Waals surface area contributed by atoms with Gasteiger partial charge >= 0.3 is 5.97 Å². The van der Waals surface area contributed by atoms with E-state index in [1.807, 2.05) is 0 Å². The number of ether oxygens (including phenoxy) is 1. The molecule has 1 aromatic rings. The Bertz CT molecular complexity index is 564. The van der Waals surface area contributed by atoms with Crippen LogP contribution in [0.25, 0.3) is 0 Å². The van der Waals surface area contributed by atoms with Crippen molar-refractivity contribution in [2.45, 2.75) is 25.1 Å². The van der Waals surface area contributed by atoms with Crippen LogP contribution in [0.15, 0.2) is 30.4 Å². The highest BCUT2D eigenvalue weighted by Gasteiger charge is 2.26. The highest BCUT2D eigenvalue weighted by molar-refractivity contribution is 9.10. The molecule has 0 aliphatic heterocycles. The average Bonchev–Trinajstić information content (AvgIpc) is 2.31. The Labute approximate surface area is 131 Å². The number of hydrogen-bond donors (Lipinski definition) is 1. The van der Waals surface area contributed by atoms with E-state index in [1.54, 1.807) is 32.9 Å². The van der Waals surface area contributed by atoms with Gasteiger partial charge in [-0.3, -0.25) is 9.59 Å². The zero-order valence-electron chi connectivity index (χ0n) is 11.4. The van der Waals surface area contributed by atoms with E-state index in [1.165, 1.54) is 6.07 Å². The van der Waals surface area contributed by atoms with Gasteiger partial charge in [0.15, 0.2) is 0 Å². The average molecular weight is 361 g/mol. The molecule has 0 aliphatic rings. The molecule has 0 saturated heterocycles. The molecule has 0 heterocycles. The van der Waals surface area contributed by atoms with Crippen LogP contribution in [0.5, 0.6) is 5.75 Å². The van der Waals surface area contributed by atoms with Crippen molar-refractivity contribution in [3.8, 4) is 5.75 Å². The summed E-state index contributed by atoms with van der Waals surface area (Å²) in [7, 11) is 0. The van der Waals surface area contributed by atoms with Crippen molar-refractivity contribution in [1.82, 2.24) is 0 Å². The zero-order chi connectivity index (χ0) is 15.5. The van der Waals surface area contributed by atoms with Gasteiger partial charge in [-0.25, -0.2) is 0 Å². The van der Waals surface area contributed by atoms with Crippen molar-refractivity contribution in [3.63, 3.8) is 0 Å². The SMILES string of the molecule is C=C(C)C(=O)Nc1ccc(OC(=O)C(C)(C)Br)cc1Cl. The summed E-state index contributed by atoms with van der Waals surface area (Å²) in [5, 5.41) is 2.88. The fourth-order valence-corrected chi connectivity index (χ4v) is 1.42. The number of amides is 1. The standard InChI is InChI=1S/C14H15BrClNO3/c1-8(2)12(18)17-11-6-5-9(7-10(11)16)20-13(19)14(3,4)15/h5-7H,1H2,2-4H3,(H,17,18). The highest BCUT2D eigenvalue weighted by atomic mass is 79.9. The zero-order valence-corrected chi connectivity index (χ0v) is 13.8. The third kappa shape index (κ3) is 4.65. The molecule has 0 atom stereocenters. The first kappa shape index (κ1) is 16.7. The Morgan fingerprint density at radius 3 is 2.45 bits per heavy atom. The molecular formula is C14H15BrClNO3. The Morgan fingerprint density at radius 2 is 2.00 bits per heavy atom. The lowest BCUT2D eigenvalue weighted by Crippen LogP contribution is -2.29. The molecule has 1 aromatic carbocycles. The summed E-state index contributed by atoms with van der Waals surface area (Å²) in [4.78, 5) is 23.2. The Hall–Kier alpha value is -1.33. The van der Waals surface area contributed by atoms with Gasteiger partial charge in [0.25, 0.3) is 5.91 Å². The molecular weight excluding hydrogens is 346 g/mol. The number of esters is 1. The molecule has 0 saturated carbocycles. The number of carbonyl (C=O) groups excluding carboxylic acids is 2. The van der Waals surface area contributed by atoms with Crippen LogP contribution in [-0.2, 0) is 9.59 Å². The molecule has 0 fully saturated rings. The van der Waals surface area contributed by atoms with Crippen LogP contribution in [-0.4, -0.2) is 16.2 Å². The second kappa shape index (κ2) is 6.41. The van der Waals surface area contributed by atoms with E-state index in [0.29, 0.717) is 17.0 Å². The van der Waals surface area contributed by atoms with Crippen LogP contribution in [0.1, 0.15) is 20.8 Å². The van der Waals surface area contributed by atoms with Crippen molar-refractivity contribution in [2.24, 2.45) is 0 Å². The van der Waals surface area contributed by atoms with Crippen LogP contribution in [0.4, 0.5) is 5.69 Å². The minimum absolute atomic E-state index is 0.275. The summed E-state index contributed by atoms with van der Waals surface area (Å²) in [6, 6.07) is 4.58. The van der Waals surface area contributed by atoms with Crippen LogP contribution in [0.2, 0.25) is 5.02 Å². The van der Waals surface area contributed by atoms with E-state index in [9.17, 15) is 9.59 Å². The highest BCUT2D eigenvalue weighted by Crippen LogP contribution is 2.28. The number of hydrogen-bond acceptors (Lipinski definition) is 3. The second-order valence-electron chi connectivity index (χ2n) is 4.74. The van der Waals surface area contributed by atoms with Crippen molar-refractivity contribution in [3.05, 3.63) is 35.4 Å². The first-order valence-corrected chi connectivity index (χ1v) is 6.96. The lowest BCUT2D eigenvalue weighted by molar-refractivity contribution is -0.136. The molecule has 1 amide bonds. The number of alkyl halides is 1. The number of halogens is 2. The second-order valence-corrected chi connectivity index (χ2v) is 7.13. The molecule has 0 aliphatic carbocycles. The number of carbonyl (C=O) groups is 2. The van der Waals surface area contributed by atoms with E-state index in [2.05, 4.69) is 27.8 Å². The maximum Gasteiger partial charge on any atom is 0.327 e. The van der Waals surface area contributed by atoms with Gasteiger partial charge in [0.1, 0.15) is 10.1 Å². The van der Waals surface area contributed by atoms with Crippen molar-refractivity contribution in [1.29, 1.82) is 0 Å². The normalized spacial score (nSPS) is 10.8. The third-order valence-electron chi connectivity index (χ3n) is 2.27. The Balaban J connectivity index is 2.86. The van der Waals surface area contributed by atoms with Gasteiger partial charge in [0, 0.05) is 11.6 Å². The quantitative estimate of drug-likeness (QED) is 0.383. The van der Waals surface area contributed by atoms with E-state index >= 15 is 0 Å². The van der Waals surface area contributed by atoms with Gasteiger partial charge in [0.2, 0.25) is 0 Å². The van der Waals surface area contributed by atoms with Crippen LogP contribution in [0, 0.1) is 0 Å². The van der Waals surface area contributed by atoms with E-state index in [-0.39, 0.29) is 10.9 Å². The molecule has 6 heteroatoms. The number of benzene rings is 1. The number of anilines is 1. The van der Waals surface area contributed by atoms with Crippen LogP contribution in [0.3, 0.4) is 0 Å². The summed E-state index contributed by atoms with van der Waals surface area (Å²) < 4.78 is 4.38. The largest absolute Gasteiger partial charge is 0.425 e. The van der Waals surface area contributed by atoms with Gasteiger partial charge < -0.3 is 10.1 Å². The Kier molecular flexibility index (Phi) is 5.36. The Morgan fingerprint density at radius 1 is 1.40 bits per heavy atom. The molecule has 0 aromatic heterocycles. The van der Waals surface area contributed by atoms with Crippen LogP contribution >= 0.6 is 27.5 Å². The van der Waals surface area contributed by atoms with Gasteiger partial charge in [-0.1, -0.05) is 34.1 Å². The molecule has 0 bridgehead atoms. The van der Waals surface area contributed by atoms with Gasteiger partial charge in [0.05, 0.1) is 10.7 Å². The van der Waals surface area contributed by atoms with E-state index < -0.39 is 10.3 Å².